The Hall–Kier alpha value is -2.97. The van der Waals surface area contributed by atoms with Crippen molar-refractivity contribution in [2.45, 2.75) is 76.3 Å². The third-order valence-electron chi connectivity index (χ3n) is 11.6. The number of halogens is 4. The molecule has 4 aromatic rings. The van der Waals surface area contributed by atoms with Crippen LogP contribution < -0.4 is 24.8 Å². The van der Waals surface area contributed by atoms with E-state index < -0.39 is 21.3 Å². The fourth-order valence-electron chi connectivity index (χ4n) is 8.79. The van der Waals surface area contributed by atoms with Crippen LogP contribution in [0.15, 0.2) is 106 Å². The Morgan fingerprint density at radius 1 is 0.712 bits per heavy atom. The molecule has 52 heavy (non-hydrogen) atoms. The van der Waals surface area contributed by atoms with Crippen LogP contribution in [-0.2, 0) is 32.1 Å². The van der Waals surface area contributed by atoms with Crippen LogP contribution in [-0.4, -0.2) is 3.21 Å². The fourth-order valence-corrected chi connectivity index (χ4v) is 18.5. The molecule has 4 aliphatic rings. The van der Waals surface area contributed by atoms with Crippen molar-refractivity contribution in [1.82, 2.24) is 0 Å². The number of benzene rings is 4. The number of rotatable bonds is 5. The van der Waals surface area contributed by atoms with Gasteiger partial charge in [0.1, 0.15) is 0 Å². The smallest absolute Gasteiger partial charge is 1.00 e. The summed E-state index contributed by atoms with van der Waals surface area (Å²) in [6.45, 7) is 18.4. The molecule has 1 unspecified atom stereocenters. The first kappa shape index (κ1) is 38.7. The van der Waals surface area contributed by atoms with Gasteiger partial charge in [0, 0.05) is 0 Å². The molecule has 8 rings (SSSR count). The summed E-state index contributed by atoms with van der Waals surface area (Å²) in [6, 6.07) is 24.1. The summed E-state index contributed by atoms with van der Waals surface area (Å²) in [7, 11) is 0. The molecule has 0 bridgehead atoms. The second kappa shape index (κ2) is 13.7. The average Bonchev–Trinajstić information content (AvgIpc) is 3.79. The van der Waals surface area contributed by atoms with E-state index >= 15 is 8.78 Å². The fraction of sp³-hybridized carbons (Fsp3) is 0.298. The van der Waals surface area contributed by atoms with Crippen molar-refractivity contribution < 1.29 is 54.9 Å². The largest absolute Gasteiger partial charge is 1.00 e. The second-order valence-electron chi connectivity index (χ2n) is 16.9. The molecular formula is C47H46Cl2F2Zr. The average molecular weight is 811 g/mol. The van der Waals surface area contributed by atoms with Crippen LogP contribution in [0.1, 0.15) is 110 Å². The summed E-state index contributed by atoms with van der Waals surface area (Å²) in [5.74, 6) is -0.240. The molecule has 4 aromatic carbocycles. The molecule has 4 aliphatic carbocycles. The van der Waals surface area contributed by atoms with Crippen LogP contribution in [0, 0.1) is 23.0 Å². The Morgan fingerprint density at radius 3 is 1.62 bits per heavy atom. The first-order valence-electron chi connectivity index (χ1n) is 18.1. The number of fused-ring (bicyclic) bond motifs is 5. The molecule has 5 heteroatoms. The van der Waals surface area contributed by atoms with Gasteiger partial charge in [-0.2, -0.15) is 0 Å². The Balaban J connectivity index is 0.00000232. The number of hydrogen-bond acceptors (Lipinski definition) is 0. The Kier molecular flexibility index (Phi) is 10.2. The molecule has 0 saturated carbocycles. The van der Waals surface area contributed by atoms with E-state index in [1.54, 1.807) is 12.1 Å². The van der Waals surface area contributed by atoms with Gasteiger partial charge in [0.15, 0.2) is 0 Å². The van der Waals surface area contributed by atoms with Gasteiger partial charge in [-0.25, -0.2) is 0 Å². The molecule has 0 N–H and O–H groups in total. The molecule has 0 saturated heterocycles. The maximum Gasteiger partial charge on any atom is -1.00 e. The second-order valence-corrected chi connectivity index (χ2v) is 23.0. The van der Waals surface area contributed by atoms with Gasteiger partial charge in [-0.1, -0.05) is 0 Å². The molecule has 0 radical (unpaired) electrons. The first-order valence-corrected chi connectivity index (χ1v) is 22.0. The van der Waals surface area contributed by atoms with Gasteiger partial charge in [-0.05, 0) is 0 Å². The van der Waals surface area contributed by atoms with Crippen molar-refractivity contribution in [3.8, 4) is 11.1 Å². The van der Waals surface area contributed by atoms with E-state index in [9.17, 15) is 0 Å². The van der Waals surface area contributed by atoms with Crippen molar-refractivity contribution in [3.63, 3.8) is 0 Å². The van der Waals surface area contributed by atoms with E-state index in [-0.39, 0.29) is 62.2 Å². The number of hydrogen-bond donors (Lipinski definition) is 0. The molecule has 0 heterocycles. The van der Waals surface area contributed by atoms with Gasteiger partial charge in [0.25, 0.3) is 0 Å². The predicted molar refractivity (Wildman–Crippen MR) is 203 cm³/mol. The van der Waals surface area contributed by atoms with Crippen LogP contribution >= 0.6 is 0 Å². The minimum absolute atomic E-state index is 0. The standard InChI is InChI=1S/C23H21.C13H8F2.C11H17.2ClH.Zr/c1-22(2)7-5-14-10-18-16(12-20(14)22)9-17-13-21-15(11-19(17)18)6-8-23(21,3)4;14-12-5-1-3-10(8-12)7-11-4-2-6-13(15)9-11;1-5-9-6-7-10(8-9)11(2,3)4;;;/h5-13H,1-4H3;1-6,8-9H;7-9H,5H2,1-4H3;2*1H;/q;;;;;+2/p-2. The SMILES string of the molecule is CCC1C=C(C(C)(C)C)C=[C]1[Zr+2](=[C](c1cccc(F)c1)c1cccc(F)c1)[CH]1c2cc3c(cc2-c2cc4c(cc21)C(C)(C)C=C4)C=CC3(C)C.[Cl-].[Cl-]. The Labute approximate surface area is 328 Å². The summed E-state index contributed by atoms with van der Waals surface area (Å²) < 4.78 is 33.5. The first-order chi connectivity index (χ1) is 23.7. The van der Waals surface area contributed by atoms with Gasteiger partial charge >= 0.3 is 306 Å². The third-order valence-corrected chi connectivity index (χ3v) is 20.1. The maximum atomic E-state index is 15.3. The summed E-state index contributed by atoms with van der Waals surface area (Å²) in [4.78, 5) is 0. The van der Waals surface area contributed by atoms with Crippen molar-refractivity contribution in [3.05, 3.63) is 162 Å². The van der Waals surface area contributed by atoms with Crippen LogP contribution in [0.3, 0.4) is 0 Å². The molecule has 266 valence electrons. The van der Waals surface area contributed by atoms with E-state index in [4.69, 9.17) is 0 Å². The monoisotopic (exact) mass is 808 g/mol. The molecular weight excluding hydrogens is 765 g/mol. The maximum absolute atomic E-state index is 15.3. The molecule has 0 spiro atoms. The van der Waals surface area contributed by atoms with Gasteiger partial charge in [0.05, 0.1) is 0 Å². The van der Waals surface area contributed by atoms with Crippen molar-refractivity contribution >= 4 is 15.4 Å². The number of allylic oxidation sites excluding steroid dienone is 6. The molecule has 0 nitrogen and oxygen atoms in total. The van der Waals surface area contributed by atoms with Crippen LogP contribution in [0.5, 0.6) is 0 Å². The Bertz CT molecular complexity index is 2150. The topological polar surface area (TPSA) is 0 Å². The minimum atomic E-state index is -3.31. The Morgan fingerprint density at radius 2 is 1.19 bits per heavy atom. The minimum Gasteiger partial charge on any atom is -1.00 e. The van der Waals surface area contributed by atoms with E-state index in [1.165, 1.54) is 68.7 Å². The van der Waals surface area contributed by atoms with E-state index in [1.807, 2.05) is 12.1 Å². The van der Waals surface area contributed by atoms with E-state index in [0.717, 1.165) is 17.5 Å². The van der Waals surface area contributed by atoms with Crippen LogP contribution in [0.2, 0.25) is 0 Å². The zero-order valence-electron chi connectivity index (χ0n) is 31.3. The zero-order chi connectivity index (χ0) is 35.3. The third kappa shape index (κ3) is 6.38. The van der Waals surface area contributed by atoms with E-state index in [2.05, 4.69) is 128 Å². The van der Waals surface area contributed by atoms with Crippen molar-refractivity contribution in [2.75, 3.05) is 0 Å². The quantitative estimate of drug-likeness (QED) is 0.218. The van der Waals surface area contributed by atoms with Gasteiger partial charge in [-0.15, -0.1) is 0 Å². The van der Waals surface area contributed by atoms with Crippen LogP contribution in [0.4, 0.5) is 8.78 Å². The summed E-state index contributed by atoms with van der Waals surface area (Å²) in [5, 5.41) is 0. The summed E-state index contributed by atoms with van der Waals surface area (Å²) in [6.07, 6.45) is 15.3. The predicted octanol–water partition coefficient (Wildman–Crippen LogP) is 6.43. The summed E-state index contributed by atoms with van der Waals surface area (Å²) in [5.41, 5.74) is 13.7. The van der Waals surface area contributed by atoms with Gasteiger partial charge in [-0.3, -0.25) is 0 Å². The van der Waals surface area contributed by atoms with Crippen LogP contribution in [0.25, 0.3) is 23.3 Å². The van der Waals surface area contributed by atoms with E-state index in [0.29, 0.717) is 0 Å². The molecule has 1 atom stereocenters. The van der Waals surface area contributed by atoms with Crippen molar-refractivity contribution in [1.29, 1.82) is 0 Å². The van der Waals surface area contributed by atoms with Gasteiger partial charge in [0.2, 0.25) is 0 Å². The molecule has 0 fully saturated rings. The molecule has 0 aliphatic heterocycles. The summed E-state index contributed by atoms with van der Waals surface area (Å²) >= 11 is -3.31. The molecule has 0 amide bonds. The van der Waals surface area contributed by atoms with Gasteiger partial charge < -0.3 is 24.8 Å². The normalized spacial score (nSPS) is 18.3. The molecule has 0 aromatic heterocycles. The van der Waals surface area contributed by atoms with Crippen molar-refractivity contribution in [2.24, 2.45) is 11.3 Å². The zero-order valence-corrected chi connectivity index (χ0v) is 35.2.